The Hall–Kier alpha value is -2.77. The first-order chi connectivity index (χ1) is 12.8. The number of carbonyl (C=O) groups excluding carboxylic acids is 1. The molecule has 0 aliphatic carbocycles. The maximum absolute atomic E-state index is 12.2. The summed E-state index contributed by atoms with van der Waals surface area (Å²) in [4.78, 5) is 12.2. The second-order valence-electron chi connectivity index (χ2n) is 5.79. The molecule has 8 heteroatoms. The normalized spacial score (nSPS) is 11.2. The van der Waals surface area contributed by atoms with Crippen molar-refractivity contribution in [3.63, 3.8) is 0 Å². The van der Waals surface area contributed by atoms with Crippen LogP contribution in [0, 0.1) is 0 Å². The summed E-state index contributed by atoms with van der Waals surface area (Å²) < 4.78 is 33.7. The van der Waals surface area contributed by atoms with Crippen molar-refractivity contribution in [1.82, 2.24) is 0 Å². The molecule has 0 aliphatic rings. The molecule has 2 aromatic carbocycles. The van der Waals surface area contributed by atoms with E-state index in [4.69, 9.17) is 20.8 Å². The van der Waals surface area contributed by atoms with Crippen LogP contribution in [0.2, 0.25) is 5.02 Å². The SMILES string of the molecule is CS(=O)(=O)c1ccc(C(=O)Nc2cccc(OCc3ccc(Cl)cc3)c2)o1. The van der Waals surface area contributed by atoms with E-state index >= 15 is 0 Å². The molecule has 1 heterocycles. The number of ether oxygens (including phenoxy) is 1. The van der Waals surface area contributed by atoms with Crippen LogP contribution in [0.25, 0.3) is 0 Å². The van der Waals surface area contributed by atoms with Gasteiger partial charge >= 0.3 is 0 Å². The van der Waals surface area contributed by atoms with Crippen LogP contribution in [0.15, 0.2) is 70.2 Å². The minimum absolute atomic E-state index is 0.0945. The number of rotatable bonds is 6. The van der Waals surface area contributed by atoms with Gasteiger partial charge in [0, 0.05) is 23.0 Å². The molecule has 0 saturated heterocycles. The van der Waals surface area contributed by atoms with Gasteiger partial charge in [0.05, 0.1) is 0 Å². The summed E-state index contributed by atoms with van der Waals surface area (Å²) >= 11 is 5.85. The Labute approximate surface area is 161 Å². The minimum atomic E-state index is -3.51. The lowest BCUT2D eigenvalue weighted by Gasteiger charge is -2.09. The van der Waals surface area contributed by atoms with Gasteiger partial charge in [-0.1, -0.05) is 29.8 Å². The third-order valence-corrected chi connectivity index (χ3v) is 4.78. The summed E-state index contributed by atoms with van der Waals surface area (Å²) in [7, 11) is -3.51. The highest BCUT2D eigenvalue weighted by Crippen LogP contribution is 2.21. The Kier molecular flexibility index (Phi) is 5.53. The molecule has 1 aromatic heterocycles. The summed E-state index contributed by atoms with van der Waals surface area (Å²) in [6.45, 7) is 0.352. The molecule has 6 nitrogen and oxygen atoms in total. The number of nitrogens with one attached hydrogen (secondary N) is 1. The molecular formula is C19H16ClNO5S. The van der Waals surface area contributed by atoms with Crippen molar-refractivity contribution in [3.8, 4) is 5.75 Å². The second-order valence-corrected chi connectivity index (χ2v) is 8.17. The van der Waals surface area contributed by atoms with E-state index in [1.165, 1.54) is 12.1 Å². The minimum Gasteiger partial charge on any atom is -0.489 e. The molecule has 27 heavy (non-hydrogen) atoms. The number of halogens is 1. The third-order valence-electron chi connectivity index (χ3n) is 3.58. The van der Waals surface area contributed by atoms with Crippen LogP contribution >= 0.6 is 11.6 Å². The second kappa shape index (κ2) is 7.85. The molecule has 3 rings (SSSR count). The van der Waals surface area contributed by atoms with Crippen molar-refractivity contribution in [3.05, 3.63) is 77.0 Å². The van der Waals surface area contributed by atoms with Crippen LogP contribution in [0.3, 0.4) is 0 Å². The van der Waals surface area contributed by atoms with E-state index in [-0.39, 0.29) is 10.9 Å². The highest BCUT2D eigenvalue weighted by Gasteiger charge is 2.17. The number of carbonyl (C=O) groups is 1. The number of anilines is 1. The Morgan fingerprint density at radius 2 is 1.85 bits per heavy atom. The van der Waals surface area contributed by atoms with Crippen LogP contribution < -0.4 is 10.1 Å². The zero-order valence-electron chi connectivity index (χ0n) is 14.3. The summed E-state index contributed by atoms with van der Waals surface area (Å²) in [5, 5.41) is 3.04. The lowest BCUT2D eigenvalue weighted by Crippen LogP contribution is -2.11. The molecule has 0 atom stereocenters. The molecule has 140 valence electrons. The average molecular weight is 406 g/mol. The first-order valence-electron chi connectivity index (χ1n) is 7.90. The number of hydrogen-bond acceptors (Lipinski definition) is 5. The fraction of sp³-hybridized carbons (Fsp3) is 0.105. The van der Waals surface area contributed by atoms with Crippen LogP contribution in [0.5, 0.6) is 5.75 Å². The molecular weight excluding hydrogens is 390 g/mol. The summed E-state index contributed by atoms with van der Waals surface area (Å²) in [6, 6.07) is 16.7. The van der Waals surface area contributed by atoms with Gasteiger partial charge in [0.1, 0.15) is 12.4 Å². The van der Waals surface area contributed by atoms with Gasteiger partial charge in [-0.05, 0) is 42.0 Å². The average Bonchev–Trinajstić information content (AvgIpc) is 3.12. The van der Waals surface area contributed by atoms with E-state index in [1.807, 2.05) is 12.1 Å². The van der Waals surface area contributed by atoms with Crippen LogP contribution in [0.4, 0.5) is 5.69 Å². The van der Waals surface area contributed by atoms with Gasteiger partial charge in [0.25, 0.3) is 5.91 Å². The van der Waals surface area contributed by atoms with Crippen molar-refractivity contribution in [2.45, 2.75) is 11.7 Å². The number of sulfone groups is 1. The van der Waals surface area contributed by atoms with Gasteiger partial charge in [-0.2, -0.15) is 0 Å². The van der Waals surface area contributed by atoms with Crippen molar-refractivity contribution in [2.75, 3.05) is 11.6 Å². The predicted octanol–water partition coefficient (Wildman–Crippen LogP) is 4.17. The monoisotopic (exact) mass is 405 g/mol. The van der Waals surface area contributed by atoms with Gasteiger partial charge in [-0.3, -0.25) is 4.79 Å². The highest BCUT2D eigenvalue weighted by atomic mass is 35.5. The van der Waals surface area contributed by atoms with Crippen molar-refractivity contribution in [2.24, 2.45) is 0 Å². The highest BCUT2D eigenvalue weighted by molar-refractivity contribution is 7.90. The summed E-state index contributed by atoms with van der Waals surface area (Å²) in [5.74, 6) is -0.0818. The zero-order valence-corrected chi connectivity index (χ0v) is 15.9. The summed E-state index contributed by atoms with van der Waals surface area (Å²) in [6.07, 6.45) is 1.01. The molecule has 0 saturated carbocycles. The number of furan rings is 1. The van der Waals surface area contributed by atoms with Gasteiger partial charge in [-0.15, -0.1) is 0 Å². The molecule has 1 N–H and O–H groups in total. The molecule has 3 aromatic rings. The zero-order chi connectivity index (χ0) is 19.4. The lowest BCUT2D eigenvalue weighted by atomic mass is 10.2. The van der Waals surface area contributed by atoms with Gasteiger partial charge in [0.15, 0.2) is 5.76 Å². The van der Waals surface area contributed by atoms with Gasteiger partial charge < -0.3 is 14.5 Å². The molecule has 0 aliphatic heterocycles. The van der Waals surface area contributed by atoms with E-state index < -0.39 is 15.7 Å². The number of hydrogen-bond donors (Lipinski definition) is 1. The van der Waals surface area contributed by atoms with E-state index in [0.717, 1.165) is 11.8 Å². The van der Waals surface area contributed by atoms with Gasteiger partial charge in [0.2, 0.25) is 14.9 Å². The van der Waals surface area contributed by atoms with Crippen molar-refractivity contribution >= 4 is 33.0 Å². The smallest absolute Gasteiger partial charge is 0.291 e. The number of amides is 1. The Morgan fingerprint density at radius 1 is 1.11 bits per heavy atom. The fourth-order valence-electron chi connectivity index (χ4n) is 2.25. The molecule has 0 bridgehead atoms. The molecule has 0 radical (unpaired) electrons. The van der Waals surface area contributed by atoms with E-state index in [9.17, 15) is 13.2 Å². The van der Waals surface area contributed by atoms with E-state index in [0.29, 0.717) is 23.1 Å². The quantitative estimate of drug-likeness (QED) is 0.665. The van der Waals surface area contributed by atoms with Crippen LogP contribution in [-0.4, -0.2) is 20.6 Å². The number of benzene rings is 2. The maximum Gasteiger partial charge on any atom is 0.291 e. The lowest BCUT2D eigenvalue weighted by molar-refractivity contribution is 0.0991. The molecule has 0 fully saturated rings. The maximum atomic E-state index is 12.2. The first kappa shape index (κ1) is 19.0. The molecule has 1 amide bonds. The Morgan fingerprint density at radius 3 is 2.52 bits per heavy atom. The topological polar surface area (TPSA) is 85.6 Å². The Bertz CT molecular complexity index is 1060. The van der Waals surface area contributed by atoms with Crippen LogP contribution in [0.1, 0.15) is 16.1 Å². The molecule has 0 spiro atoms. The van der Waals surface area contributed by atoms with Crippen molar-refractivity contribution < 1.29 is 22.4 Å². The third kappa shape index (κ3) is 5.12. The summed E-state index contributed by atoms with van der Waals surface area (Å²) in [5.41, 5.74) is 1.45. The standard InChI is InChI=1S/C19H16ClNO5S/c1-27(23,24)18-10-9-17(26-18)19(22)21-15-3-2-4-16(11-15)25-12-13-5-7-14(20)8-6-13/h2-11H,12H2,1H3,(H,21,22). The van der Waals surface area contributed by atoms with E-state index in [1.54, 1.807) is 36.4 Å². The van der Waals surface area contributed by atoms with Crippen LogP contribution in [-0.2, 0) is 16.4 Å². The largest absolute Gasteiger partial charge is 0.489 e. The Balaban J connectivity index is 1.65. The first-order valence-corrected chi connectivity index (χ1v) is 10.2. The predicted molar refractivity (Wildman–Crippen MR) is 102 cm³/mol. The fourth-order valence-corrected chi connectivity index (χ4v) is 2.93. The van der Waals surface area contributed by atoms with E-state index in [2.05, 4.69) is 5.32 Å². The molecule has 0 unspecified atom stereocenters. The van der Waals surface area contributed by atoms with Crippen molar-refractivity contribution in [1.29, 1.82) is 0 Å². The van der Waals surface area contributed by atoms with Gasteiger partial charge in [-0.25, -0.2) is 8.42 Å².